The van der Waals surface area contributed by atoms with Gasteiger partial charge in [0.2, 0.25) is 0 Å². The number of nitrogens with zero attached hydrogens (tertiary/aromatic N) is 1. The number of rotatable bonds is 9. The number of aromatic hydroxyl groups is 2. The molecule has 0 aromatic heterocycles. The monoisotopic (exact) mass is 615 g/mol. The third-order valence-electron chi connectivity index (χ3n) is 7.70. The Hall–Kier alpha value is -3.78. The molecule has 0 aliphatic carbocycles. The molecule has 0 radical (unpaired) electrons. The van der Waals surface area contributed by atoms with Crippen molar-refractivity contribution in [2.45, 2.75) is 121 Å². The molecule has 8 heteroatoms. The average Bonchev–Trinajstić information content (AvgIpc) is 3.17. The van der Waals surface area contributed by atoms with Crippen LogP contribution in [0.5, 0.6) is 17.2 Å². The molecule has 3 atom stereocenters. The summed E-state index contributed by atoms with van der Waals surface area (Å²) in [4.78, 5) is 26.9. The summed E-state index contributed by atoms with van der Waals surface area (Å²) in [6, 6.07) is 5.74. The van der Waals surface area contributed by atoms with Crippen molar-refractivity contribution in [3.63, 3.8) is 0 Å². The molecule has 2 aromatic rings. The van der Waals surface area contributed by atoms with E-state index in [1.165, 1.54) is 46.4 Å². The maximum atomic E-state index is 13.4. The van der Waals surface area contributed by atoms with Gasteiger partial charge in [0.15, 0.2) is 6.04 Å². The second kappa shape index (κ2) is 16.9. The van der Waals surface area contributed by atoms with Gasteiger partial charge in [0.25, 0.3) is 5.91 Å². The molecule has 0 bridgehead atoms. The summed E-state index contributed by atoms with van der Waals surface area (Å²) in [6.45, 7) is 8.05. The predicted octanol–water partition coefficient (Wildman–Crippen LogP) is 8.59. The van der Waals surface area contributed by atoms with Crippen molar-refractivity contribution in [1.29, 1.82) is 0 Å². The van der Waals surface area contributed by atoms with E-state index in [0.29, 0.717) is 35.3 Å². The van der Waals surface area contributed by atoms with E-state index in [4.69, 9.17) is 4.74 Å². The van der Waals surface area contributed by atoms with Crippen LogP contribution in [0.2, 0.25) is 0 Å². The molecule has 2 aromatic carbocycles. The van der Waals surface area contributed by atoms with Gasteiger partial charge in [0, 0.05) is 17.5 Å². The fourth-order valence-corrected chi connectivity index (χ4v) is 5.34. The number of amides is 1. The van der Waals surface area contributed by atoms with Crippen LogP contribution in [0, 0.1) is 0 Å². The van der Waals surface area contributed by atoms with Crippen molar-refractivity contribution < 1.29 is 34.8 Å². The molecule has 8 nitrogen and oxygen atoms in total. The first kappa shape index (κ1) is 42.4. The van der Waals surface area contributed by atoms with E-state index in [9.17, 15) is 30.0 Å². The van der Waals surface area contributed by atoms with Crippen LogP contribution in [0.25, 0.3) is 0 Å². The lowest BCUT2D eigenvalue weighted by molar-refractivity contribution is -0.142. The normalized spacial score (nSPS) is 18.8. The Labute approximate surface area is 265 Å². The maximum absolute atomic E-state index is 13.4. The number of hydrogen-bond donors (Lipinski definition) is 4. The zero-order chi connectivity index (χ0) is 28.5. The van der Waals surface area contributed by atoms with Crippen LogP contribution in [0.3, 0.4) is 0 Å². The van der Waals surface area contributed by atoms with Gasteiger partial charge in [-0.1, -0.05) is 72.6 Å². The Bertz CT molecular complexity index is 1320. The van der Waals surface area contributed by atoms with Crippen molar-refractivity contribution >= 4 is 11.9 Å². The Balaban J connectivity index is 0. The number of ether oxygens (including phenoxy) is 1. The highest BCUT2D eigenvalue weighted by Crippen LogP contribution is 2.47. The van der Waals surface area contributed by atoms with Gasteiger partial charge in [0.1, 0.15) is 22.8 Å². The molecule has 2 heterocycles. The number of carboxylic acid groups (broad SMARTS) is 1. The summed E-state index contributed by atoms with van der Waals surface area (Å²) in [6.07, 6.45) is 6.80. The number of aliphatic carboxylic acids is 1. The Morgan fingerprint density at radius 3 is 2.20 bits per heavy atom. The fourth-order valence-electron chi connectivity index (χ4n) is 5.34. The zero-order valence-corrected chi connectivity index (χ0v) is 22.9. The van der Waals surface area contributed by atoms with Crippen molar-refractivity contribution in [2.24, 2.45) is 0 Å². The molecule has 4 rings (SSSR count). The number of aliphatic hydroxyl groups excluding tert-OH is 1. The number of carbonyl (C=O) groups is 2. The first-order chi connectivity index (χ1) is 18.4. The summed E-state index contributed by atoms with van der Waals surface area (Å²) < 4.78 is 6.40. The molecule has 0 saturated carbocycles. The van der Waals surface area contributed by atoms with Gasteiger partial charge in [-0.05, 0) is 77.1 Å². The van der Waals surface area contributed by atoms with Gasteiger partial charge in [-0.3, -0.25) is 4.79 Å². The number of hydrogen-bond acceptors (Lipinski definition) is 6. The Morgan fingerprint density at radius 2 is 1.64 bits per heavy atom. The van der Waals surface area contributed by atoms with Crippen LogP contribution in [-0.4, -0.2) is 48.9 Å². The highest BCUT2D eigenvalue weighted by Gasteiger charge is 2.46. The number of allylic oxidation sites excluding steroid dienone is 4. The van der Waals surface area contributed by atoms with Crippen LogP contribution < -0.4 is 4.74 Å². The fraction of sp³-hybridized carbons (Fsp3) is 0.500. The minimum absolute atomic E-state index is 0. The predicted molar refractivity (Wildman–Crippen MR) is 181 cm³/mol. The number of benzene rings is 2. The van der Waals surface area contributed by atoms with Crippen LogP contribution in [0.4, 0.5) is 0 Å². The average molecular weight is 616 g/mol. The lowest BCUT2D eigenvalue weighted by Gasteiger charge is -2.41. The smallest absolute Gasteiger partial charge is 0.331 e. The highest BCUT2D eigenvalue weighted by molar-refractivity contribution is 6.02. The minimum Gasteiger partial charge on any atom is -0.508 e. The van der Waals surface area contributed by atoms with Gasteiger partial charge >= 0.3 is 5.97 Å². The van der Waals surface area contributed by atoms with E-state index in [1.54, 1.807) is 0 Å². The van der Waals surface area contributed by atoms with Crippen molar-refractivity contribution in [3.8, 4) is 17.2 Å². The first-order valence-corrected chi connectivity index (χ1v) is 13.3. The van der Waals surface area contributed by atoms with Gasteiger partial charge in [-0.2, -0.15) is 0 Å². The van der Waals surface area contributed by atoms with Gasteiger partial charge < -0.3 is 30.1 Å². The second-order valence-electron chi connectivity index (χ2n) is 11.0. The number of aliphatic hydroxyl groups is 1. The molecule has 0 fully saturated rings. The van der Waals surface area contributed by atoms with E-state index in [-0.39, 0.29) is 67.2 Å². The van der Waals surface area contributed by atoms with Crippen LogP contribution >= 0.6 is 0 Å². The molecule has 0 spiro atoms. The summed E-state index contributed by atoms with van der Waals surface area (Å²) in [7, 11) is 0. The van der Waals surface area contributed by atoms with E-state index in [2.05, 4.69) is 32.9 Å². The van der Waals surface area contributed by atoms with Crippen LogP contribution in [0.1, 0.15) is 124 Å². The quantitative estimate of drug-likeness (QED) is 0.208. The SMILES string of the molecule is C.C.C.C.C.CC(C)=CCC/C(C)=C/CC[C@]1(C)Oc2c(c(O)cc3c2CN([C@@H](C(=O)O)c2ccc(O)cc2)C3=O)C[C@@H]1O. The maximum Gasteiger partial charge on any atom is 0.331 e. The largest absolute Gasteiger partial charge is 0.508 e. The van der Waals surface area contributed by atoms with Crippen molar-refractivity contribution in [2.75, 3.05) is 0 Å². The van der Waals surface area contributed by atoms with Crippen LogP contribution in [-0.2, 0) is 17.8 Å². The number of phenolic OH excluding ortho intramolecular Hbond substituents is 2. The van der Waals surface area contributed by atoms with E-state index in [0.717, 1.165) is 12.8 Å². The molecule has 0 saturated heterocycles. The van der Waals surface area contributed by atoms with Gasteiger partial charge in [-0.25, -0.2) is 4.79 Å². The molecule has 4 N–H and O–H groups in total. The standard InChI is InChI=1S/C31H37NO7.5CH4/c1-18(2)7-5-8-19(3)9-6-14-31(4)26(35)16-23-25(34)15-22-24(28(23)39-31)17-32(29(22)36)27(30(37)38)20-10-12-21(33)13-11-20;;;;;/h7,9-13,15,26-27,33-35H,5-6,8,14,16-17H2,1-4H3,(H,37,38);5*1H4/b19-9+;;;;;/t26-,27+,31-;;;;;/m0...../s1. The molecule has 1 amide bonds. The lowest BCUT2D eigenvalue weighted by atomic mass is 9.84. The van der Waals surface area contributed by atoms with Crippen LogP contribution in [0.15, 0.2) is 53.6 Å². The van der Waals surface area contributed by atoms with Gasteiger partial charge in [0.05, 0.1) is 18.2 Å². The van der Waals surface area contributed by atoms with E-state index >= 15 is 0 Å². The zero-order valence-electron chi connectivity index (χ0n) is 22.9. The molecule has 0 unspecified atom stereocenters. The third-order valence-corrected chi connectivity index (χ3v) is 7.70. The number of carboxylic acids is 1. The Kier molecular flexibility index (Phi) is 16.3. The summed E-state index contributed by atoms with van der Waals surface area (Å²) >= 11 is 0. The molecule has 2 aliphatic heterocycles. The Morgan fingerprint density at radius 1 is 1.02 bits per heavy atom. The molecule has 2 aliphatic rings. The second-order valence-corrected chi connectivity index (χ2v) is 11.0. The van der Waals surface area contributed by atoms with Crippen molar-refractivity contribution in [3.05, 3.63) is 75.9 Å². The summed E-state index contributed by atoms with van der Waals surface area (Å²) in [5.74, 6) is -1.58. The summed E-state index contributed by atoms with van der Waals surface area (Å²) in [5, 5.41) is 41.4. The van der Waals surface area contributed by atoms with E-state index in [1.807, 2.05) is 6.92 Å². The minimum atomic E-state index is -1.29. The molecule has 44 heavy (non-hydrogen) atoms. The molecular weight excluding hydrogens is 558 g/mol. The molecule has 248 valence electrons. The third kappa shape index (κ3) is 8.65. The lowest BCUT2D eigenvalue weighted by Crippen LogP contribution is -2.49. The highest BCUT2D eigenvalue weighted by atomic mass is 16.5. The van der Waals surface area contributed by atoms with E-state index < -0.39 is 29.6 Å². The summed E-state index contributed by atoms with van der Waals surface area (Å²) in [5.41, 5.74) is 3.04. The van der Waals surface area contributed by atoms with Crippen molar-refractivity contribution in [1.82, 2.24) is 4.90 Å². The van der Waals surface area contributed by atoms with Gasteiger partial charge in [-0.15, -0.1) is 0 Å². The number of phenols is 2. The number of fused-ring (bicyclic) bond motifs is 3. The first-order valence-electron chi connectivity index (χ1n) is 13.3. The number of carbonyl (C=O) groups excluding carboxylic acids is 1. The molecular formula is C36H57NO7. The topological polar surface area (TPSA) is 128 Å².